The lowest BCUT2D eigenvalue weighted by atomic mass is 10.1. The molecular weight excluding hydrogens is 381 g/mol. The zero-order valence-electron chi connectivity index (χ0n) is 14.9. The largest absolute Gasteiger partial charge is 0.355 e. The Hall–Kier alpha value is -1.60. The van der Waals surface area contributed by atoms with Gasteiger partial charge in [0.05, 0.1) is 12.3 Å². The average molecular weight is 406 g/mol. The predicted octanol–water partition coefficient (Wildman–Crippen LogP) is 3.06. The van der Waals surface area contributed by atoms with Gasteiger partial charge in [0.1, 0.15) is 0 Å². The van der Waals surface area contributed by atoms with Crippen LogP contribution in [0.1, 0.15) is 23.5 Å². The lowest BCUT2D eigenvalue weighted by molar-refractivity contribution is 0.588. The van der Waals surface area contributed by atoms with Crippen molar-refractivity contribution in [2.45, 2.75) is 12.3 Å². The maximum Gasteiger partial charge on any atom is 0.0837 e. The molecule has 7 heteroatoms. The van der Waals surface area contributed by atoms with E-state index in [1.165, 1.54) is 33.3 Å². The second-order valence-electron chi connectivity index (χ2n) is 6.83. The molecule has 2 fully saturated rings. The Morgan fingerprint density at radius 3 is 1.81 bits per heavy atom. The van der Waals surface area contributed by atoms with Crippen LogP contribution in [0, 0.1) is 0 Å². The van der Waals surface area contributed by atoms with Gasteiger partial charge in [0.15, 0.2) is 0 Å². The average Bonchev–Trinajstić information content (AvgIpc) is 3.42. The van der Waals surface area contributed by atoms with Gasteiger partial charge in [-0.1, -0.05) is 36.4 Å². The van der Waals surface area contributed by atoms with Crippen molar-refractivity contribution in [1.29, 1.82) is 0 Å². The second kappa shape index (κ2) is 8.61. The van der Waals surface area contributed by atoms with E-state index in [-0.39, 0.29) is 37.1 Å². The van der Waals surface area contributed by atoms with Crippen LogP contribution in [0.5, 0.6) is 0 Å². The van der Waals surface area contributed by atoms with E-state index in [2.05, 4.69) is 74.8 Å². The SMILES string of the molecule is Cl.Cl.c1cc(C2NCCN2)ccc1-c1cc2ccc(C3NCCN3)cc2[nH]1. The third-order valence-corrected chi connectivity index (χ3v) is 5.18. The fraction of sp³-hybridized carbons (Fsp3) is 0.300. The first-order valence-electron chi connectivity index (χ1n) is 9.03. The highest BCUT2D eigenvalue weighted by Crippen LogP contribution is 2.27. The van der Waals surface area contributed by atoms with E-state index in [0.29, 0.717) is 0 Å². The van der Waals surface area contributed by atoms with E-state index < -0.39 is 0 Å². The zero-order valence-corrected chi connectivity index (χ0v) is 16.6. The summed E-state index contributed by atoms with van der Waals surface area (Å²) in [5.74, 6) is 0. The van der Waals surface area contributed by atoms with Crippen LogP contribution in [0.3, 0.4) is 0 Å². The highest BCUT2D eigenvalue weighted by Gasteiger charge is 2.17. The molecule has 0 atom stereocenters. The summed E-state index contributed by atoms with van der Waals surface area (Å²) in [7, 11) is 0. The van der Waals surface area contributed by atoms with Crippen LogP contribution in [0.15, 0.2) is 48.5 Å². The third-order valence-electron chi connectivity index (χ3n) is 5.18. The maximum atomic E-state index is 3.58. The quantitative estimate of drug-likeness (QED) is 0.464. The molecule has 2 saturated heterocycles. The van der Waals surface area contributed by atoms with Crippen molar-refractivity contribution in [1.82, 2.24) is 26.3 Å². The molecule has 3 heterocycles. The summed E-state index contributed by atoms with van der Waals surface area (Å²) in [6.45, 7) is 4.11. The van der Waals surface area contributed by atoms with E-state index in [9.17, 15) is 0 Å². The summed E-state index contributed by atoms with van der Waals surface area (Å²) in [4.78, 5) is 3.58. The first kappa shape index (κ1) is 20.1. The lowest BCUT2D eigenvalue weighted by Gasteiger charge is -2.11. The molecule has 3 aromatic rings. The van der Waals surface area contributed by atoms with Crippen LogP contribution in [0.2, 0.25) is 0 Å². The number of halogens is 2. The molecule has 2 aromatic carbocycles. The van der Waals surface area contributed by atoms with Crippen LogP contribution < -0.4 is 21.3 Å². The monoisotopic (exact) mass is 405 g/mol. The topological polar surface area (TPSA) is 63.9 Å². The minimum absolute atomic E-state index is 0. The van der Waals surface area contributed by atoms with Gasteiger partial charge in [-0.3, -0.25) is 21.3 Å². The number of fused-ring (bicyclic) bond motifs is 1. The summed E-state index contributed by atoms with van der Waals surface area (Å²) in [5.41, 5.74) is 6.14. The van der Waals surface area contributed by atoms with Crippen LogP contribution in [0.4, 0.5) is 0 Å². The summed E-state index contributed by atoms with van der Waals surface area (Å²) >= 11 is 0. The van der Waals surface area contributed by atoms with Crippen LogP contribution >= 0.6 is 24.8 Å². The summed E-state index contributed by atoms with van der Waals surface area (Å²) in [6, 6.07) is 17.7. The maximum absolute atomic E-state index is 3.58. The fourth-order valence-electron chi connectivity index (χ4n) is 3.82. The van der Waals surface area contributed by atoms with Gasteiger partial charge in [-0.05, 0) is 28.8 Å². The van der Waals surface area contributed by atoms with Crippen molar-refractivity contribution < 1.29 is 0 Å². The number of hydrogen-bond donors (Lipinski definition) is 5. The van der Waals surface area contributed by atoms with E-state index in [4.69, 9.17) is 0 Å². The summed E-state index contributed by atoms with van der Waals surface area (Å²) in [5, 5.41) is 15.1. The third kappa shape index (κ3) is 3.99. The Morgan fingerprint density at radius 2 is 1.19 bits per heavy atom. The normalized spacial score (nSPS) is 17.8. The Bertz CT molecular complexity index is 881. The molecule has 5 rings (SSSR count). The number of hydrogen-bond acceptors (Lipinski definition) is 4. The highest BCUT2D eigenvalue weighted by atomic mass is 35.5. The Labute approximate surface area is 171 Å². The number of H-pyrrole nitrogens is 1. The van der Waals surface area contributed by atoms with Crippen LogP contribution in [-0.4, -0.2) is 31.2 Å². The van der Waals surface area contributed by atoms with E-state index >= 15 is 0 Å². The van der Waals surface area contributed by atoms with Gasteiger partial charge in [0.2, 0.25) is 0 Å². The van der Waals surface area contributed by atoms with Crippen molar-refractivity contribution in [3.05, 3.63) is 59.7 Å². The highest BCUT2D eigenvalue weighted by molar-refractivity contribution is 5.86. The van der Waals surface area contributed by atoms with Gasteiger partial charge in [-0.2, -0.15) is 0 Å². The molecule has 1 aromatic heterocycles. The second-order valence-corrected chi connectivity index (χ2v) is 6.83. The van der Waals surface area contributed by atoms with Crippen LogP contribution in [0.25, 0.3) is 22.2 Å². The summed E-state index contributed by atoms with van der Waals surface area (Å²) < 4.78 is 0. The zero-order chi connectivity index (χ0) is 16.6. The van der Waals surface area contributed by atoms with Crippen molar-refractivity contribution in [3.8, 4) is 11.3 Å². The minimum atomic E-state index is 0. The molecule has 0 aliphatic carbocycles. The number of rotatable bonds is 3. The number of aromatic nitrogens is 1. The van der Waals surface area contributed by atoms with Crippen LogP contribution in [-0.2, 0) is 0 Å². The first-order chi connectivity index (χ1) is 12.4. The van der Waals surface area contributed by atoms with Crippen molar-refractivity contribution in [3.63, 3.8) is 0 Å². The molecule has 0 unspecified atom stereocenters. The molecule has 0 bridgehead atoms. The predicted molar refractivity (Wildman–Crippen MR) is 116 cm³/mol. The Balaban J connectivity index is 0.00000105. The minimum Gasteiger partial charge on any atom is -0.355 e. The summed E-state index contributed by atoms with van der Waals surface area (Å²) in [6.07, 6.45) is 0.549. The number of aromatic amines is 1. The Morgan fingerprint density at radius 1 is 0.630 bits per heavy atom. The smallest absolute Gasteiger partial charge is 0.0837 e. The Kier molecular flexibility index (Phi) is 6.42. The van der Waals surface area contributed by atoms with Gasteiger partial charge in [0, 0.05) is 42.8 Å². The van der Waals surface area contributed by atoms with Crippen molar-refractivity contribution >= 4 is 35.7 Å². The van der Waals surface area contributed by atoms with Gasteiger partial charge in [-0.25, -0.2) is 0 Å². The van der Waals surface area contributed by atoms with Crippen molar-refractivity contribution in [2.24, 2.45) is 0 Å². The molecule has 2 aliphatic heterocycles. The molecule has 0 saturated carbocycles. The number of benzene rings is 2. The molecule has 5 nitrogen and oxygen atoms in total. The van der Waals surface area contributed by atoms with Crippen molar-refractivity contribution in [2.75, 3.05) is 26.2 Å². The molecule has 27 heavy (non-hydrogen) atoms. The standard InChI is InChI=1S/C20H23N5.2ClH/c1-3-14(19-21-7-8-22-19)4-2-13(1)17-11-15-5-6-16(12-18(15)25-17)20-23-9-10-24-20;;/h1-6,11-12,19-25H,7-10H2;2*1H. The van der Waals surface area contributed by atoms with Gasteiger partial charge in [-0.15, -0.1) is 24.8 Å². The molecule has 2 aliphatic rings. The van der Waals surface area contributed by atoms with Gasteiger partial charge < -0.3 is 4.98 Å². The molecule has 0 radical (unpaired) electrons. The van der Waals surface area contributed by atoms with Gasteiger partial charge >= 0.3 is 0 Å². The molecule has 144 valence electrons. The molecule has 0 spiro atoms. The fourth-order valence-corrected chi connectivity index (χ4v) is 3.82. The molecule has 5 N–H and O–H groups in total. The van der Waals surface area contributed by atoms with E-state index in [0.717, 1.165) is 26.2 Å². The molecular formula is C20H25Cl2N5. The first-order valence-corrected chi connectivity index (χ1v) is 9.03. The van der Waals surface area contributed by atoms with Gasteiger partial charge in [0.25, 0.3) is 0 Å². The van der Waals surface area contributed by atoms with E-state index in [1.54, 1.807) is 0 Å². The number of nitrogens with one attached hydrogen (secondary N) is 5. The molecule has 0 amide bonds. The lowest BCUT2D eigenvalue weighted by Crippen LogP contribution is -2.20. The van der Waals surface area contributed by atoms with E-state index in [1.807, 2.05) is 0 Å².